The fourth-order valence-corrected chi connectivity index (χ4v) is 8.12. The third-order valence-electron chi connectivity index (χ3n) is 12.4. The number of hydrogen-bond donors (Lipinski definition) is 0. The van der Waals surface area contributed by atoms with E-state index in [-0.39, 0.29) is 37.5 Å². The van der Waals surface area contributed by atoms with Gasteiger partial charge in [-0.25, -0.2) is 0 Å². The molecule has 0 fully saturated rings. The van der Waals surface area contributed by atoms with E-state index in [4.69, 9.17) is 14.2 Å². The van der Waals surface area contributed by atoms with Crippen LogP contribution in [-0.4, -0.2) is 37.2 Å². The lowest BCUT2D eigenvalue weighted by Crippen LogP contribution is -2.30. The largest absolute Gasteiger partial charge is 0.462 e. The van der Waals surface area contributed by atoms with Crippen LogP contribution in [0.4, 0.5) is 0 Å². The average molecular weight is 950 g/mol. The Balaban J connectivity index is 4.12. The van der Waals surface area contributed by atoms with Gasteiger partial charge in [-0.3, -0.25) is 14.4 Å². The van der Waals surface area contributed by atoms with E-state index in [1.165, 1.54) is 161 Å². The zero-order valence-electron chi connectivity index (χ0n) is 44.9. The molecule has 0 aliphatic carbocycles. The summed E-state index contributed by atoms with van der Waals surface area (Å²) in [7, 11) is 0. The molecule has 6 nitrogen and oxygen atoms in total. The molecule has 0 aromatic heterocycles. The highest BCUT2D eigenvalue weighted by atomic mass is 16.6. The van der Waals surface area contributed by atoms with Crippen LogP contribution in [0.3, 0.4) is 0 Å². The van der Waals surface area contributed by atoms with Crippen LogP contribution in [0.5, 0.6) is 0 Å². The van der Waals surface area contributed by atoms with Gasteiger partial charge in [0.05, 0.1) is 0 Å². The number of ether oxygens (including phenoxy) is 3. The van der Waals surface area contributed by atoms with Crippen molar-refractivity contribution in [1.82, 2.24) is 0 Å². The summed E-state index contributed by atoms with van der Waals surface area (Å²) >= 11 is 0. The first kappa shape index (κ1) is 64.8. The molecule has 1 unspecified atom stereocenters. The van der Waals surface area contributed by atoms with Gasteiger partial charge in [0, 0.05) is 19.3 Å². The molecule has 0 bridgehead atoms. The molecule has 0 N–H and O–H groups in total. The fraction of sp³-hybridized carbons (Fsp3) is 0.758. The summed E-state index contributed by atoms with van der Waals surface area (Å²) in [6.45, 7) is 6.43. The SMILES string of the molecule is CC/C=C\C/C=C\C/C=C\C/C=C\C/C=C\CCCC(=O)OC(COC(=O)CCCCCCCC)COC(=O)CCCCCCCCCCCCCCCCC/C=C\CCCCCCCCCC. The van der Waals surface area contributed by atoms with E-state index < -0.39 is 6.10 Å². The van der Waals surface area contributed by atoms with Crippen LogP contribution in [0.2, 0.25) is 0 Å². The zero-order chi connectivity index (χ0) is 49.3. The first-order chi connectivity index (χ1) is 33.5. The molecule has 6 heteroatoms. The highest BCUT2D eigenvalue weighted by Gasteiger charge is 2.19. The normalized spacial score (nSPS) is 12.6. The smallest absolute Gasteiger partial charge is 0.306 e. The minimum Gasteiger partial charge on any atom is -0.462 e. The predicted molar refractivity (Wildman–Crippen MR) is 293 cm³/mol. The van der Waals surface area contributed by atoms with Gasteiger partial charge >= 0.3 is 17.9 Å². The van der Waals surface area contributed by atoms with Gasteiger partial charge in [-0.2, -0.15) is 0 Å². The van der Waals surface area contributed by atoms with Crippen molar-refractivity contribution < 1.29 is 28.6 Å². The van der Waals surface area contributed by atoms with Gasteiger partial charge in [0.1, 0.15) is 13.2 Å². The van der Waals surface area contributed by atoms with E-state index in [1.807, 2.05) is 0 Å². The number of rotatable bonds is 52. The van der Waals surface area contributed by atoms with Crippen LogP contribution in [-0.2, 0) is 28.6 Å². The van der Waals surface area contributed by atoms with Crippen molar-refractivity contribution in [2.45, 2.75) is 290 Å². The minimum atomic E-state index is -0.801. The number of carbonyl (C=O) groups excluding carboxylic acids is 3. The molecular formula is C62H108O6. The van der Waals surface area contributed by atoms with Crippen LogP contribution >= 0.6 is 0 Å². The Morgan fingerprint density at radius 2 is 0.588 bits per heavy atom. The van der Waals surface area contributed by atoms with Crippen LogP contribution in [0.15, 0.2) is 72.9 Å². The Kier molecular flexibility index (Phi) is 53.8. The van der Waals surface area contributed by atoms with Gasteiger partial charge < -0.3 is 14.2 Å². The maximum atomic E-state index is 12.7. The first-order valence-electron chi connectivity index (χ1n) is 28.9. The van der Waals surface area contributed by atoms with Crippen molar-refractivity contribution in [3.8, 4) is 0 Å². The highest BCUT2D eigenvalue weighted by molar-refractivity contribution is 5.71. The lowest BCUT2D eigenvalue weighted by Gasteiger charge is -2.18. The van der Waals surface area contributed by atoms with Gasteiger partial charge in [0.25, 0.3) is 0 Å². The summed E-state index contributed by atoms with van der Waals surface area (Å²) in [6, 6.07) is 0. The lowest BCUT2D eigenvalue weighted by atomic mass is 10.0. The van der Waals surface area contributed by atoms with Crippen LogP contribution < -0.4 is 0 Å². The number of hydrogen-bond acceptors (Lipinski definition) is 6. The van der Waals surface area contributed by atoms with E-state index in [2.05, 4.69) is 93.7 Å². The Labute approximate surface area is 421 Å². The molecule has 0 aliphatic rings. The number of carbonyl (C=O) groups is 3. The molecule has 0 radical (unpaired) electrons. The first-order valence-corrected chi connectivity index (χ1v) is 28.9. The number of esters is 3. The van der Waals surface area contributed by atoms with E-state index in [0.29, 0.717) is 19.3 Å². The Morgan fingerprint density at radius 1 is 0.309 bits per heavy atom. The van der Waals surface area contributed by atoms with Crippen LogP contribution in [0, 0.1) is 0 Å². The second-order valence-corrected chi connectivity index (χ2v) is 19.2. The van der Waals surface area contributed by atoms with Gasteiger partial charge in [0.2, 0.25) is 0 Å². The molecule has 1 atom stereocenters. The van der Waals surface area contributed by atoms with Crippen molar-refractivity contribution in [3.63, 3.8) is 0 Å². The summed E-state index contributed by atoms with van der Waals surface area (Å²) in [4.78, 5) is 37.8. The summed E-state index contributed by atoms with van der Waals surface area (Å²) in [5.74, 6) is -0.959. The molecule has 0 aromatic rings. The maximum absolute atomic E-state index is 12.7. The quantitative estimate of drug-likeness (QED) is 0.0262. The standard InChI is InChI=1S/C62H108O6/c1-4-7-10-13-16-18-20-22-24-26-27-28-29-30-31-32-33-34-35-37-38-40-42-44-46-49-52-55-61(64)67-58-59(57-66-60(63)54-51-48-15-12-9-6-3)68-62(65)56-53-50-47-45-43-41-39-36-25-23-21-19-17-14-11-8-5-2/h8,11,17,19,23,25-27,39,41,45,47,59H,4-7,9-10,12-16,18,20-22,24,28-38,40,42-44,46,48-58H2,1-3H3/b11-8-,19-17-,25-23-,27-26-,41-39-,47-45-. The van der Waals surface area contributed by atoms with E-state index in [1.54, 1.807) is 0 Å². The van der Waals surface area contributed by atoms with Gasteiger partial charge in [-0.15, -0.1) is 0 Å². The molecule has 0 aromatic carbocycles. The molecule has 0 saturated carbocycles. The minimum absolute atomic E-state index is 0.0963. The van der Waals surface area contributed by atoms with Gasteiger partial charge in [0.15, 0.2) is 6.10 Å². The fourth-order valence-electron chi connectivity index (χ4n) is 8.12. The van der Waals surface area contributed by atoms with Crippen molar-refractivity contribution in [3.05, 3.63) is 72.9 Å². The molecule has 0 aliphatic heterocycles. The molecule has 0 spiro atoms. The maximum Gasteiger partial charge on any atom is 0.306 e. The van der Waals surface area contributed by atoms with Gasteiger partial charge in [-0.1, -0.05) is 254 Å². The van der Waals surface area contributed by atoms with Crippen molar-refractivity contribution >= 4 is 17.9 Å². The summed E-state index contributed by atoms with van der Waals surface area (Å²) in [6.07, 6.45) is 72.4. The monoisotopic (exact) mass is 949 g/mol. The molecule has 0 heterocycles. The average Bonchev–Trinajstić information content (AvgIpc) is 3.34. The van der Waals surface area contributed by atoms with E-state index >= 15 is 0 Å². The summed E-state index contributed by atoms with van der Waals surface area (Å²) in [5, 5.41) is 0. The van der Waals surface area contributed by atoms with Crippen molar-refractivity contribution in [2.75, 3.05) is 13.2 Å². The van der Waals surface area contributed by atoms with Crippen molar-refractivity contribution in [1.29, 1.82) is 0 Å². The Bertz CT molecular complexity index is 1270. The van der Waals surface area contributed by atoms with Crippen LogP contribution in [0.1, 0.15) is 284 Å². The summed E-state index contributed by atoms with van der Waals surface area (Å²) in [5.41, 5.74) is 0. The third-order valence-corrected chi connectivity index (χ3v) is 12.4. The van der Waals surface area contributed by atoms with Gasteiger partial charge in [-0.05, 0) is 83.5 Å². The summed E-state index contributed by atoms with van der Waals surface area (Å²) < 4.78 is 16.7. The third kappa shape index (κ3) is 53.8. The second kappa shape index (κ2) is 56.4. The lowest BCUT2D eigenvalue weighted by molar-refractivity contribution is -0.167. The second-order valence-electron chi connectivity index (χ2n) is 19.2. The molecular weight excluding hydrogens is 841 g/mol. The molecule has 68 heavy (non-hydrogen) atoms. The molecule has 392 valence electrons. The molecule has 0 amide bonds. The van der Waals surface area contributed by atoms with E-state index in [9.17, 15) is 14.4 Å². The molecule has 0 rings (SSSR count). The number of unbranched alkanes of at least 4 members (excludes halogenated alkanes) is 29. The van der Waals surface area contributed by atoms with E-state index in [0.717, 1.165) is 77.0 Å². The Morgan fingerprint density at radius 3 is 0.956 bits per heavy atom. The zero-order valence-corrected chi connectivity index (χ0v) is 44.9. The van der Waals surface area contributed by atoms with Crippen LogP contribution in [0.25, 0.3) is 0 Å². The topological polar surface area (TPSA) is 78.9 Å². The predicted octanol–water partition coefficient (Wildman–Crippen LogP) is 19.4. The Hall–Kier alpha value is -3.15. The van der Waals surface area contributed by atoms with Crippen molar-refractivity contribution in [2.24, 2.45) is 0 Å². The highest BCUT2D eigenvalue weighted by Crippen LogP contribution is 2.16. The number of allylic oxidation sites excluding steroid dienone is 12. The molecule has 0 saturated heterocycles.